The number of aromatic amines is 1. The number of rotatable bonds is 2. The number of thiazole rings is 1. The van der Waals surface area contributed by atoms with Crippen molar-refractivity contribution in [2.75, 3.05) is 0 Å². The number of H-pyrrole nitrogens is 1. The van der Waals surface area contributed by atoms with Gasteiger partial charge in [0.05, 0.1) is 28.6 Å². The molecule has 0 aliphatic heterocycles. The Morgan fingerprint density at radius 2 is 1.46 bits per heavy atom. The molecule has 4 heteroatoms. The smallest absolute Gasteiger partial charge is 0.0931 e. The second-order valence-corrected chi connectivity index (χ2v) is 6.46. The van der Waals surface area contributed by atoms with Gasteiger partial charge >= 0.3 is 0 Å². The zero-order valence-electron chi connectivity index (χ0n) is 14.0. The van der Waals surface area contributed by atoms with E-state index < -0.39 is 0 Å². The fraction of sp³-hybridized carbons (Fsp3) is 0. The zero-order valence-corrected chi connectivity index (χ0v) is 14.9. The number of benzene rings is 3. The quantitative estimate of drug-likeness (QED) is 0.403. The predicted molar refractivity (Wildman–Crippen MR) is 111 cm³/mol. The molecule has 0 spiro atoms. The fourth-order valence-electron chi connectivity index (χ4n) is 2.71. The first kappa shape index (κ1) is 16.2. The SMILES string of the molecule is [HH].c1ccc(-c2ccc3nc[nH]c3c2)cc1.c1ccc(-c2cscn2)cc1. The number of nitrogens with zero attached hydrogens (tertiary/aromatic N) is 2. The average Bonchev–Trinajstić information content (AvgIpc) is 3.41. The Balaban J connectivity index is 0.000000157. The molecule has 0 saturated carbocycles. The summed E-state index contributed by atoms with van der Waals surface area (Å²) in [5, 5.41) is 2.05. The van der Waals surface area contributed by atoms with Crippen LogP contribution in [-0.2, 0) is 0 Å². The van der Waals surface area contributed by atoms with Crippen LogP contribution in [0.15, 0.2) is 96.1 Å². The second kappa shape index (κ2) is 7.76. The molecule has 5 aromatic rings. The lowest BCUT2D eigenvalue weighted by Gasteiger charge is -2.00. The molecule has 0 radical (unpaired) electrons. The van der Waals surface area contributed by atoms with Gasteiger partial charge in [-0.3, -0.25) is 0 Å². The number of aromatic nitrogens is 3. The van der Waals surface area contributed by atoms with E-state index in [9.17, 15) is 0 Å². The van der Waals surface area contributed by atoms with E-state index in [0.29, 0.717) is 0 Å². The summed E-state index contributed by atoms with van der Waals surface area (Å²) < 4.78 is 0. The van der Waals surface area contributed by atoms with Gasteiger partial charge in [0.15, 0.2) is 0 Å². The molecule has 0 fully saturated rings. The van der Waals surface area contributed by atoms with E-state index in [1.807, 2.05) is 48.0 Å². The Morgan fingerprint density at radius 1 is 0.731 bits per heavy atom. The van der Waals surface area contributed by atoms with Crippen LogP contribution >= 0.6 is 11.3 Å². The standard InChI is InChI=1S/C13H10N2.C9H7NS.H2/c1-2-4-10(5-3-1)11-6-7-12-13(8-11)15-9-14-12;1-2-4-8(5-3-1)9-6-11-7-10-9;/h1-9H,(H,14,15);1-7H;1H. The summed E-state index contributed by atoms with van der Waals surface area (Å²) in [6.45, 7) is 0. The highest BCUT2D eigenvalue weighted by molar-refractivity contribution is 7.07. The van der Waals surface area contributed by atoms with E-state index in [0.717, 1.165) is 16.7 Å². The van der Waals surface area contributed by atoms with E-state index in [2.05, 4.69) is 56.7 Å². The fourth-order valence-corrected chi connectivity index (χ4v) is 3.27. The van der Waals surface area contributed by atoms with Crippen molar-refractivity contribution < 1.29 is 1.43 Å². The van der Waals surface area contributed by atoms with Gasteiger partial charge in [0.1, 0.15) is 0 Å². The molecule has 0 atom stereocenters. The van der Waals surface area contributed by atoms with Crippen LogP contribution < -0.4 is 0 Å². The highest BCUT2D eigenvalue weighted by atomic mass is 32.1. The maximum atomic E-state index is 4.20. The van der Waals surface area contributed by atoms with Crippen molar-refractivity contribution in [3.63, 3.8) is 0 Å². The second-order valence-electron chi connectivity index (χ2n) is 5.74. The first-order chi connectivity index (χ1) is 12.9. The molecule has 0 bridgehead atoms. The van der Waals surface area contributed by atoms with Gasteiger partial charge in [-0.25, -0.2) is 9.97 Å². The molecular formula is C22H19N3S. The van der Waals surface area contributed by atoms with Crippen LogP contribution in [0.25, 0.3) is 33.4 Å². The molecule has 0 aliphatic rings. The molecule has 3 nitrogen and oxygen atoms in total. The third kappa shape index (κ3) is 3.71. The molecule has 2 heterocycles. The summed E-state index contributed by atoms with van der Waals surface area (Å²) in [7, 11) is 0. The Kier molecular flexibility index (Phi) is 4.85. The lowest BCUT2D eigenvalue weighted by Crippen LogP contribution is -1.77. The van der Waals surface area contributed by atoms with Gasteiger partial charge in [-0.15, -0.1) is 11.3 Å². The third-order valence-electron chi connectivity index (χ3n) is 4.03. The van der Waals surface area contributed by atoms with Crippen molar-refractivity contribution in [3.05, 3.63) is 96.1 Å². The van der Waals surface area contributed by atoms with Crippen molar-refractivity contribution in [1.29, 1.82) is 0 Å². The van der Waals surface area contributed by atoms with E-state index in [1.165, 1.54) is 16.7 Å². The van der Waals surface area contributed by atoms with Gasteiger partial charge in [-0.05, 0) is 23.3 Å². The lowest BCUT2D eigenvalue weighted by atomic mass is 10.1. The first-order valence-electron chi connectivity index (χ1n) is 8.32. The van der Waals surface area contributed by atoms with Crippen LogP contribution in [0.2, 0.25) is 0 Å². The Labute approximate surface area is 157 Å². The number of nitrogens with one attached hydrogen (secondary N) is 1. The van der Waals surface area contributed by atoms with Crippen molar-refractivity contribution in [2.45, 2.75) is 0 Å². The van der Waals surface area contributed by atoms with Crippen LogP contribution in [0.1, 0.15) is 1.43 Å². The van der Waals surface area contributed by atoms with E-state index in [-0.39, 0.29) is 1.43 Å². The Morgan fingerprint density at radius 3 is 2.15 bits per heavy atom. The molecule has 0 amide bonds. The predicted octanol–water partition coefficient (Wildman–Crippen LogP) is 6.29. The minimum Gasteiger partial charge on any atom is -0.345 e. The van der Waals surface area contributed by atoms with Gasteiger partial charge in [-0.2, -0.15) is 0 Å². The molecule has 3 aromatic carbocycles. The van der Waals surface area contributed by atoms with Crippen LogP contribution in [0.5, 0.6) is 0 Å². The topological polar surface area (TPSA) is 41.6 Å². The van der Waals surface area contributed by atoms with E-state index >= 15 is 0 Å². The number of hydrogen-bond donors (Lipinski definition) is 1. The molecule has 26 heavy (non-hydrogen) atoms. The first-order valence-corrected chi connectivity index (χ1v) is 9.26. The minimum atomic E-state index is 0. The summed E-state index contributed by atoms with van der Waals surface area (Å²) in [6, 6.07) is 26.8. The zero-order chi connectivity index (χ0) is 17.6. The Bertz CT molecular complexity index is 1070. The number of hydrogen-bond acceptors (Lipinski definition) is 3. The van der Waals surface area contributed by atoms with Crippen molar-refractivity contribution in [3.8, 4) is 22.4 Å². The van der Waals surface area contributed by atoms with E-state index in [4.69, 9.17) is 0 Å². The van der Waals surface area contributed by atoms with Gasteiger partial charge < -0.3 is 4.98 Å². The molecule has 2 aromatic heterocycles. The number of imidazole rings is 1. The van der Waals surface area contributed by atoms with Crippen LogP contribution in [0.4, 0.5) is 0 Å². The largest absolute Gasteiger partial charge is 0.345 e. The highest BCUT2D eigenvalue weighted by Crippen LogP contribution is 2.22. The average molecular weight is 357 g/mol. The van der Waals surface area contributed by atoms with Crippen LogP contribution in [0, 0.1) is 0 Å². The molecular weight excluding hydrogens is 338 g/mol. The summed E-state index contributed by atoms with van der Waals surface area (Å²) >= 11 is 1.62. The van der Waals surface area contributed by atoms with Gasteiger partial charge in [0.25, 0.3) is 0 Å². The number of fused-ring (bicyclic) bond motifs is 1. The molecule has 0 unspecified atom stereocenters. The summed E-state index contributed by atoms with van der Waals surface area (Å²) in [5.74, 6) is 0. The van der Waals surface area contributed by atoms with Crippen molar-refractivity contribution in [2.24, 2.45) is 0 Å². The van der Waals surface area contributed by atoms with E-state index in [1.54, 1.807) is 17.7 Å². The maximum Gasteiger partial charge on any atom is 0.0931 e. The maximum absolute atomic E-state index is 4.20. The Hall–Kier alpha value is -3.24. The van der Waals surface area contributed by atoms with Gasteiger partial charge in [0, 0.05) is 12.4 Å². The minimum absolute atomic E-state index is 0. The van der Waals surface area contributed by atoms with Crippen molar-refractivity contribution >= 4 is 22.4 Å². The summed E-state index contributed by atoms with van der Waals surface area (Å²) in [4.78, 5) is 11.5. The van der Waals surface area contributed by atoms with Crippen LogP contribution in [-0.4, -0.2) is 15.0 Å². The molecule has 0 aliphatic carbocycles. The lowest BCUT2D eigenvalue weighted by molar-refractivity contribution is 1.34. The summed E-state index contributed by atoms with van der Waals surface area (Å²) in [6.07, 6.45) is 1.72. The van der Waals surface area contributed by atoms with Gasteiger partial charge in [0.2, 0.25) is 0 Å². The molecule has 1 N–H and O–H groups in total. The van der Waals surface area contributed by atoms with Crippen LogP contribution in [0.3, 0.4) is 0 Å². The highest BCUT2D eigenvalue weighted by Gasteiger charge is 1.99. The normalized spacial score (nSPS) is 10.3. The summed E-state index contributed by atoms with van der Waals surface area (Å²) in [5.41, 5.74) is 8.64. The molecule has 0 saturated heterocycles. The molecule has 128 valence electrons. The molecule has 5 rings (SSSR count). The van der Waals surface area contributed by atoms with Gasteiger partial charge in [-0.1, -0.05) is 66.7 Å². The van der Waals surface area contributed by atoms with Crippen molar-refractivity contribution in [1.82, 2.24) is 15.0 Å². The third-order valence-corrected chi connectivity index (χ3v) is 4.62. The monoisotopic (exact) mass is 357 g/mol.